The van der Waals surface area contributed by atoms with Crippen LogP contribution in [0, 0.1) is 0 Å². The molecule has 0 unspecified atom stereocenters. The van der Waals surface area contributed by atoms with Gasteiger partial charge < -0.3 is 10.2 Å². The lowest BCUT2D eigenvalue weighted by Crippen LogP contribution is -2.43. The van der Waals surface area contributed by atoms with Crippen LogP contribution in [0.4, 0.5) is 0 Å². The fourth-order valence-corrected chi connectivity index (χ4v) is 1.88. The maximum absolute atomic E-state index is 11.8. The van der Waals surface area contributed by atoms with Crippen LogP contribution >= 0.6 is 0 Å². The van der Waals surface area contributed by atoms with Crippen LogP contribution in [0.5, 0.6) is 0 Å². The normalized spacial score (nSPS) is 19.9. The molecule has 0 aliphatic carbocycles. The second-order valence-electron chi connectivity index (χ2n) is 4.23. The van der Waals surface area contributed by atoms with E-state index < -0.39 is 5.54 Å². The van der Waals surface area contributed by atoms with Crippen molar-refractivity contribution in [3.05, 3.63) is 11.4 Å². The topological polar surface area (TPSA) is 32.3 Å². The Hall–Kier alpha value is -0.990. The first kappa shape index (κ1) is 11.1. The van der Waals surface area contributed by atoms with Crippen molar-refractivity contribution in [3.8, 4) is 0 Å². The van der Waals surface area contributed by atoms with Gasteiger partial charge in [0, 0.05) is 18.7 Å². The minimum absolute atomic E-state index is 0.208. The van der Waals surface area contributed by atoms with Gasteiger partial charge in [-0.05, 0) is 34.6 Å². The van der Waals surface area contributed by atoms with Crippen molar-refractivity contribution in [1.82, 2.24) is 10.2 Å². The lowest BCUT2D eigenvalue weighted by atomic mass is 9.99. The summed E-state index contributed by atoms with van der Waals surface area (Å²) in [5.41, 5.74) is 0.431. The summed E-state index contributed by atoms with van der Waals surface area (Å²) in [7, 11) is 0. The molecule has 14 heavy (non-hydrogen) atoms. The van der Waals surface area contributed by atoms with E-state index in [1.54, 1.807) is 0 Å². The van der Waals surface area contributed by atoms with E-state index in [0.717, 1.165) is 24.5 Å². The monoisotopic (exact) mass is 196 g/mol. The Labute approximate surface area is 86.2 Å². The van der Waals surface area contributed by atoms with Gasteiger partial charge in [-0.2, -0.15) is 0 Å². The SMILES string of the molecule is CCN(CC)C1=C(C)C(=O)C(C)(C)N1. The number of carbonyl (C=O) groups is 1. The zero-order chi connectivity index (χ0) is 10.9. The lowest BCUT2D eigenvalue weighted by Gasteiger charge is -2.26. The Kier molecular flexibility index (Phi) is 2.88. The van der Waals surface area contributed by atoms with Crippen LogP contribution in [0.2, 0.25) is 0 Å². The second-order valence-corrected chi connectivity index (χ2v) is 4.23. The molecule has 0 saturated carbocycles. The highest BCUT2D eigenvalue weighted by Gasteiger charge is 2.38. The molecule has 0 aromatic rings. The Morgan fingerprint density at radius 1 is 1.29 bits per heavy atom. The molecule has 3 nitrogen and oxygen atoms in total. The maximum Gasteiger partial charge on any atom is 0.186 e. The van der Waals surface area contributed by atoms with Gasteiger partial charge in [-0.25, -0.2) is 0 Å². The first-order valence-electron chi connectivity index (χ1n) is 5.22. The molecule has 0 radical (unpaired) electrons. The lowest BCUT2D eigenvalue weighted by molar-refractivity contribution is -0.119. The van der Waals surface area contributed by atoms with Gasteiger partial charge in [0.25, 0.3) is 0 Å². The summed E-state index contributed by atoms with van der Waals surface area (Å²) < 4.78 is 0. The summed E-state index contributed by atoms with van der Waals surface area (Å²) in [6.07, 6.45) is 0. The molecule has 80 valence electrons. The number of nitrogens with one attached hydrogen (secondary N) is 1. The van der Waals surface area contributed by atoms with E-state index in [-0.39, 0.29) is 5.78 Å². The average Bonchev–Trinajstić information content (AvgIpc) is 2.33. The standard InChI is InChI=1S/C11H20N2O/c1-6-13(7-2)10-8(3)9(14)11(4,5)12-10/h12H,6-7H2,1-5H3. The minimum atomic E-state index is -0.429. The van der Waals surface area contributed by atoms with Crippen molar-refractivity contribution < 1.29 is 4.79 Å². The Balaban J connectivity index is 2.96. The predicted octanol–water partition coefficient (Wildman–Crippen LogP) is 1.51. The van der Waals surface area contributed by atoms with Crippen molar-refractivity contribution in [1.29, 1.82) is 0 Å². The summed E-state index contributed by atoms with van der Waals surface area (Å²) in [6.45, 7) is 11.8. The smallest absolute Gasteiger partial charge is 0.186 e. The van der Waals surface area contributed by atoms with Crippen molar-refractivity contribution in [2.75, 3.05) is 13.1 Å². The third kappa shape index (κ3) is 1.63. The van der Waals surface area contributed by atoms with Gasteiger partial charge in [0.05, 0.1) is 5.54 Å². The van der Waals surface area contributed by atoms with Crippen LogP contribution in [0.25, 0.3) is 0 Å². The molecule has 0 aromatic heterocycles. The average molecular weight is 196 g/mol. The fraction of sp³-hybridized carbons (Fsp3) is 0.727. The summed E-state index contributed by atoms with van der Waals surface area (Å²) in [4.78, 5) is 14.0. The molecule has 1 aliphatic heterocycles. The van der Waals surface area contributed by atoms with Gasteiger partial charge in [-0.15, -0.1) is 0 Å². The molecule has 0 fully saturated rings. The van der Waals surface area contributed by atoms with E-state index in [4.69, 9.17) is 0 Å². The number of hydrogen-bond acceptors (Lipinski definition) is 3. The van der Waals surface area contributed by atoms with Gasteiger partial charge in [-0.3, -0.25) is 4.79 Å². The molecule has 0 bridgehead atoms. The van der Waals surface area contributed by atoms with Gasteiger partial charge in [0.2, 0.25) is 0 Å². The largest absolute Gasteiger partial charge is 0.359 e. The molecule has 0 atom stereocenters. The molecule has 0 amide bonds. The first-order chi connectivity index (χ1) is 6.44. The van der Waals surface area contributed by atoms with Crippen LogP contribution in [0.3, 0.4) is 0 Å². The quantitative estimate of drug-likeness (QED) is 0.742. The summed E-state index contributed by atoms with van der Waals surface area (Å²) >= 11 is 0. The van der Waals surface area contributed by atoms with E-state index >= 15 is 0 Å². The third-order valence-corrected chi connectivity index (χ3v) is 2.77. The number of hydrogen-bond donors (Lipinski definition) is 1. The van der Waals surface area contributed by atoms with Crippen molar-refractivity contribution in [3.63, 3.8) is 0 Å². The number of Topliss-reactive ketones (excluding diaryl/α,β-unsaturated/α-hetero) is 1. The van der Waals surface area contributed by atoms with E-state index in [1.165, 1.54) is 0 Å². The molecule has 0 aromatic carbocycles. The van der Waals surface area contributed by atoms with Gasteiger partial charge in [0.15, 0.2) is 5.78 Å². The van der Waals surface area contributed by atoms with E-state index in [0.29, 0.717) is 0 Å². The zero-order valence-electron chi connectivity index (χ0n) is 9.77. The van der Waals surface area contributed by atoms with Crippen molar-refractivity contribution in [2.24, 2.45) is 0 Å². The van der Waals surface area contributed by atoms with Gasteiger partial charge >= 0.3 is 0 Å². The molecule has 1 N–H and O–H groups in total. The summed E-state index contributed by atoms with van der Waals surface area (Å²) in [5.74, 6) is 1.21. The van der Waals surface area contributed by atoms with Crippen molar-refractivity contribution in [2.45, 2.75) is 40.2 Å². The zero-order valence-corrected chi connectivity index (χ0v) is 9.77. The van der Waals surface area contributed by atoms with Crippen LogP contribution in [-0.4, -0.2) is 29.3 Å². The molecular weight excluding hydrogens is 176 g/mol. The fourth-order valence-electron chi connectivity index (χ4n) is 1.88. The second kappa shape index (κ2) is 3.64. The minimum Gasteiger partial charge on any atom is -0.359 e. The predicted molar refractivity (Wildman–Crippen MR) is 57.8 cm³/mol. The highest BCUT2D eigenvalue weighted by Crippen LogP contribution is 2.24. The molecule has 1 aliphatic rings. The third-order valence-electron chi connectivity index (χ3n) is 2.77. The maximum atomic E-state index is 11.8. The van der Waals surface area contributed by atoms with Gasteiger partial charge in [0.1, 0.15) is 5.82 Å². The van der Waals surface area contributed by atoms with Crippen LogP contribution in [0.1, 0.15) is 34.6 Å². The van der Waals surface area contributed by atoms with Crippen LogP contribution in [-0.2, 0) is 4.79 Å². The van der Waals surface area contributed by atoms with E-state index in [2.05, 4.69) is 24.1 Å². The highest BCUT2D eigenvalue weighted by molar-refractivity contribution is 6.04. The molecule has 1 heterocycles. The number of ketones is 1. The van der Waals surface area contributed by atoms with Crippen molar-refractivity contribution >= 4 is 5.78 Å². The molecular formula is C11H20N2O. The number of rotatable bonds is 3. The molecule has 1 rings (SSSR count). The van der Waals surface area contributed by atoms with Crippen LogP contribution in [0.15, 0.2) is 11.4 Å². The summed E-state index contributed by atoms with van der Waals surface area (Å²) in [5, 5.41) is 3.29. The van der Waals surface area contributed by atoms with Gasteiger partial charge in [-0.1, -0.05) is 0 Å². The van der Waals surface area contributed by atoms with E-state index in [1.807, 2.05) is 20.8 Å². The Morgan fingerprint density at radius 2 is 1.79 bits per heavy atom. The Bertz CT molecular complexity index is 275. The van der Waals surface area contributed by atoms with Crippen LogP contribution < -0.4 is 5.32 Å². The number of carbonyl (C=O) groups excluding carboxylic acids is 1. The summed E-state index contributed by atoms with van der Waals surface area (Å²) in [6, 6.07) is 0. The Morgan fingerprint density at radius 3 is 2.07 bits per heavy atom. The first-order valence-corrected chi connectivity index (χ1v) is 5.22. The molecule has 0 saturated heterocycles. The molecule has 0 spiro atoms. The highest BCUT2D eigenvalue weighted by atomic mass is 16.1. The van der Waals surface area contributed by atoms with E-state index in [9.17, 15) is 4.79 Å². The molecule has 3 heteroatoms. The number of nitrogens with zero attached hydrogens (tertiary/aromatic N) is 1.